The van der Waals surface area contributed by atoms with Gasteiger partial charge in [-0.3, -0.25) is 9.13 Å². The van der Waals surface area contributed by atoms with Crippen molar-refractivity contribution >= 4 is 15.2 Å². The number of hydrogen-bond acceptors (Lipinski definition) is 2. The summed E-state index contributed by atoms with van der Waals surface area (Å²) >= 11 is 0. The zero-order chi connectivity index (χ0) is 17.3. The second-order valence-electron chi connectivity index (χ2n) is 4.86. The van der Waals surface area contributed by atoms with Gasteiger partial charge < -0.3 is 19.6 Å². The molecule has 8 heteroatoms. The van der Waals surface area contributed by atoms with Crippen molar-refractivity contribution < 1.29 is 28.7 Å². The lowest BCUT2D eigenvalue weighted by molar-refractivity contribution is 0.366. The minimum Gasteiger partial charge on any atom is -0.324 e. The van der Waals surface area contributed by atoms with E-state index in [4.69, 9.17) is 19.6 Å². The molecule has 0 atom stereocenters. The van der Waals surface area contributed by atoms with Gasteiger partial charge in [0.2, 0.25) is 0 Å². The average molecular weight is 358 g/mol. The van der Waals surface area contributed by atoms with Crippen molar-refractivity contribution in [2.45, 2.75) is 6.42 Å². The van der Waals surface area contributed by atoms with E-state index >= 15 is 0 Å². The first-order chi connectivity index (χ1) is 10.7. The van der Waals surface area contributed by atoms with E-state index in [2.05, 4.69) is 48.5 Å². The van der Waals surface area contributed by atoms with E-state index in [9.17, 15) is 9.13 Å². The normalized spacial score (nSPS) is 11.5. The van der Waals surface area contributed by atoms with Crippen LogP contribution in [0.3, 0.4) is 0 Å². The Labute approximate surface area is 135 Å². The Morgan fingerprint density at radius 1 is 0.609 bits per heavy atom. The first-order valence-electron chi connectivity index (χ1n) is 6.87. The van der Waals surface area contributed by atoms with Gasteiger partial charge in [0.15, 0.2) is 0 Å². The maximum Gasteiger partial charge on any atom is 0.325 e. The molecule has 0 spiro atoms. The van der Waals surface area contributed by atoms with Gasteiger partial charge in [-0.15, -0.1) is 0 Å². The first-order valence-corrected chi connectivity index (χ1v) is 10.5. The van der Waals surface area contributed by atoms with Crippen LogP contribution < -0.4 is 0 Å². The molecular formula is C15H20O6P2. The summed E-state index contributed by atoms with van der Waals surface area (Å²) in [6.45, 7) is 0. The highest BCUT2D eigenvalue weighted by Crippen LogP contribution is 2.40. The molecule has 0 aromatic heterocycles. The lowest BCUT2D eigenvalue weighted by Crippen LogP contribution is -1.93. The van der Waals surface area contributed by atoms with Gasteiger partial charge >= 0.3 is 15.2 Å². The van der Waals surface area contributed by atoms with Gasteiger partial charge in [0.25, 0.3) is 0 Å². The standard InChI is InChI=1S/C12H10.C3H10O6P2/c1-3-7-11(8-4-1)12-9-5-2-6-10-12;4-10(5,6)2-1-3-11(7,8)9/h1-10H;1-3H2,(H2,4,5,6)(H2,7,8,9). The molecule has 2 aromatic carbocycles. The van der Waals surface area contributed by atoms with Crippen molar-refractivity contribution in [3.8, 4) is 11.1 Å². The van der Waals surface area contributed by atoms with Crippen LogP contribution in [0.1, 0.15) is 6.42 Å². The van der Waals surface area contributed by atoms with E-state index in [-0.39, 0.29) is 6.42 Å². The fraction of sp³-hybridized carbons (Fsp3) is 0.200. The molecule has 2 aromatic rings. The lowest BCUT2D eigenvalue weighted by Gasteiger charge is -2.04. The van der Waals surface area contributed by atoms with E-state index in [1.165, 1.54) is 11.1 Å². The maximum absolute atomic E-state index is 10.2. The van der Waals surface area contributed by atoms with Gasteiger partial charge in [0.05, 0.1) is 12.3 Å². The molecule has 0 aliphatic rings. The molecule has 0 fully saturated rings. The van der Waals surface area contributed by atoms with Crippen molar-refractivity contribution in [2.75, 3.05) is 12.3 Å². The Bertz CT molecular complexity index is 603. The summed E-state index contributed by atoms with van der Waals surface area (Å²) < 4.78 is 20.3. The monoisotopic (exact) mass is 358 g/mol. The summed E-state index contributed by atoms with van der Waals surface area (Å²) in [7, 11) is -8.19. The summed E-state index contributed by atoms with van der Waals surface area (Å²) in [5, 5.41) is 0. The summed E-state index contributed by atoms with van der Waals surface area (Å²) in [5.74, 6) is 0. The third-order valence-electron chi connectivity index (χ3n) is 2.78. The van der Waals surface area contributed by atoms with E-state index < -0.39 is 27.5 Å². The quantitative estimate of drug-likeness (QED) is 0.611. The topological polar surface area (TPSA) is 115 Å². The molecule has 0 aliphatic heterocycles. The van der Waals surface area contributed by atoms with Gasteiger partial charge in [-0.1, -0.05) is 60.7 Å². The van der Waals surface area contributed by atoms with Crippen molar-refractivity contribution in [2.24, 2.45) is 0 Å². The molecule has 126 valence electrons. The minimum absolute atomic E-state index is 0.158. The van der Waals surface area contributed by atoms with Crippen molar-refractivity contribution in [1.82, 2.24) is 0 Å². The SMILES string of the molecule is O=P(O)(O)CCCP(=O)(O)O.c1ccc(-c2ccccc2)cc1. The average Bonchev–Trinajstić information content (AvgIpc) is 2.47. The number of rotatable bonds is 5. The molecule has 23 heavy (non-hydrogen) atoms. The van der Waals surface area contributed by atoms with Crippen LogP contribution >= 0.6 is 15.2 Å². The Hall–Kier alpha value is -1.26. The smallest absolute Gasteiger partial charge is 0.324 e. The zero-order valence-corrected chi connectivity index (χ0v) is 14.2. The molecule has 0 saturated carbocycles. The fourth-order valence-electron chi connectivity index (χ4n) is 1.74. The van der Waals surface area contributed by atoms with Crippen LogP contribution in [0.5, 0.6) is 0 Å². The highest BCUT2D eigenvalue weighted by atomic mass is 31.2. The summed E-state index contributed by atoms with van der Waals surface area (Å²) in [6, 6.07) is 20.8. The summed E-state index contributed by atoms with van der Waals surface area (Å²) in [4.78, 5) is 33.1. The molecule has 0 saturated heterocycles. The van der Waals surface area contributed by atoms with Gasteiger partial charge in [-0.2, -0.15) is 0 Å². The van der Waals surface area contributed by atoms with Gasteiger partial charge in [0.1, 0.15) is 0 Å². The highest BCUT2D eigenvalue weighted by Gasteiger charge is 2.17. The third-order valence-corrected chi connectivity index (χ3v) is 4.58. The fourth-order valence-corrected chi connectivity index (χ4v) is 3.13. The molecule has 0 aliphatic carbocycles. The second kappa shape index (κ2) is 9.14. The van der Waals surface area contributed by atoms with Crippen LogP contribution in [-0.4, -0.2) is 31.9 Å². The van der Waals surface area contributed by atoms with E-state index in [0.29, 0.717) is 0 Å². The van der Waals surface area contributed by atoms with E-state index in [1.807, 2.05) is 12.1 Å². The third kappa shape index (κ3) is 10.2. The number of benzene rings is 2. The van der Waals surface area contributed by atoms with Crippen molar-refractivity contribution in [1.29, 1.82) is 0 Å². The Balaban J connectivity index is 0.000000232. The van der Waals surface area contributed by atoms with Crippen LogP contribution in [0.4, 0.5) is 0 Å². The molecule has 0 bridgehead atoms. The number of hydrogen-bond donors (Lipinski definition) is 4. The minimum atomic E-state index is -4.10. The summed E-state index contributed by atoms with van der Waals surface area (Å²) in [6.07, 6.45) is -1.11. The first kappa shape index (κ1) is 19.8. The Morgan fingerprint density at radius 2 is 0.913 bits per heavy atom. The molecule has 2 rings (SSSR count). The van der Waals surface area contributed by atoms with Crippen LogP contribution in [0.2, 0.25) is 0 Å². The molecule has 0 heterocycles. The van der Waals surface area contributed by atoms with Crippen LogP contribution in [-0.2, 0) is 9.13 Å². The second-order valence-corrected chi connectivity index (χ2v) is 8.42. The van der Waals surface area contributed by atoms with Crippen LogP contribution in [0.25, 0.3) is 11.1 Å². The maximum atomic E-state index is 10.2. The largest absolute Gasteiger partial charge is 0.325 e. The highest BCUT2D eigenvalue weighted by molar-refractivity contribution is 7.52. The van der Waals surface area contributed by atoms with Crippen LogP contribution in [0, 0.1) is 0 Å². The van der Waals surface area contributed by atoms with Gasteiger partial charge in [-0.05, 0) is 17.5 Å². The molecule has 6 nitrogen and oxygen atoms in total. The molecule has 4 N–H and O–H groups in total. The molecule has 0 unspecified atom stereocenters. The molecule has 0 radical (unpaired) electrons. The van der Waals surface area contributed by atoms with Crippen molar-refractivity contribution in [3.63, 3.8) is 0 Å². The molecule has 0 amide bonds. The Morgan fingerprint density at radius 3 is 1.17 bits per heavy atom. The lowest BCUT2D eigenvalue weighted by atomic mass is 10.1. The zero-order valence-electron chi connectivity index (χ0n) is 12.4. The van der Waals surface area contributed by atoms with Gasteiger partial charge in [-0.25, -0.2) is 0 Å². The van der Waals surface area contributed by atoms with Crippen molar-refractivity contribution in [3.05, 3.63) is 60.7 Å². The summed E-state index contributed by atoms with van der Waals surface area (Å²) in [5.41, 5.74) is 2.55. The predicted molar refractivity (Wildman–Crippen MR) is 90.3 cm³/mol. The Kier molecular flexibility index (Phi) is 7.86. The predicted octanol–water partition coefficient (Wildman–Crippen LogP) is 3.09. The van der Waals surface area contributed by atoms with E-state index in [0.717, 1.165) is 0 Å². The molecular weight excluding hydrogens is 338 g/mol. The van der Waals surface area contributed by atoms with E-state index in [1.54, 1.807) is 0 Å². The van der Waals surface area contributed by atoms with Gasteiger partial charge in [0, 0.05) is 0 Å². The van der Waals surface area contributed by atoms with Crippen LogP contribution in [0.15, 0.2) is 60.7 Å².